The summed E-state index contributed by atoms with van der Waals surface area (Å²) in [5, 5.41) is 0. The van der Waals surface area contributed by atoms with Crippen LogP contribution in [0.4, 0.5) is 5.69 Å². The molecule has 0 spiro atoms. The normalized spacial score (nSPS) is 17.2. The van der Waals surface area contributed by atoms with Crippen molar-refractivity contribution in [3.05, 3.63) is 52.4 Å². The van der Waals surface area contributed by atoms with Gasteiger partial charge in [-0.2, -0.15) is 0 Å². The van der Waals surface area contributed by atoms with Gasteiger partial charge in [-0.25, -0.2) is 0 Å². The highest BCUT2D eigenvalue weighted by Crippen LogP contribution is 2.28. The summed E-state index contributed by atoms with van der Waals surface area (Å²) in [7, 11) is 3.17. The average molecular weight is 455 g/mol. The lowest BCUT2D eigenvalue weighted by Gasteiger charge is -2.37. The standard InChI is InChI=1S/C25H34N4O4/c1-32-23-9-5-4-8-21(23)27-12-14-28(15-13-27)25(31)19-29-18-24(33-2)22(30)16-20(29)17-26-10-6-3-7-11-26/h4-5,8-9,16,18H,3,6-7,10-15,17,19H2,1-2H3. The summed E-state index contributed by atoms with van der Waals surface area (Å²) in [4.78, 5) is 32.1. The third kappa shape index (κ3) is 5.50. The molecule has 3 heterocycles. The van der Waals surface area contributed by atoms with Gasteiger partial charge < -0.3 is 23.8 Å². The number of hydrogen-bond acceptors (Lipinski definition) is 6. The molecule has 4 rings (SSSR count). The largest absolute Gasteiger partial charge is 0.495 e. The highest BCUT2D eigenvalue weighted by Gasteiger charge is 2.24. The molecule has 0 aliphatic carbocycles. The van der Waals surface area contributed by atoms with Crippen LogP contribution < -0.4 is 19.8 Å². The number of likely N-dealkylation sites (tertiary alicyclic amines) is 1. The fourth-order valence-corrected chi connectivity index (χ4v) is 4.71. The molecule has 178 valence electrons. The van der Waals surface area contributed by atoms with E-state index in [1.807, 2.05) is 27.7 Å². The van der Waals surface area contributed by atoms with E-state index in [0.29, 0.717) is 19.6 Å². The minimum atomic E-state index is -0.140. The Bertz CT molecular complexity index is 1010. The molecule has 2 aliphatic rings. The first kappa shape index (κ1) is 23.2. The topological polar surface area (TPSA) is 67.2 Å². The number of methoxy groups -OCH3 is 2. The van der Waals surface area contributed by atoms with Crippen LogP contribution >= 0.6 is 0 Å². The molecule has 33 heavy (non-hydrogen) atoms. The molecule has 1 aromatic heterocycles. The number of rotatable bonds is 7. The number of amides is 1. The van der Waals surface area contributed by atoms with Gasteiger partial charge in [0.15, 0.2) is 5.75 Å². The molecule has 0 unspecified atom stereocenters. The minimum absolute atomic E-state index is 0.0558. The maximum atomic E-state index is 13.2. The molecule has 0 atom stereocenters. The van der Waals surface area contributed by atoms with Crippen LogP contribution in [0.1, 0.15) is 25.0 Å². The third-order valence-corrected chi connectivity index (χ3v) is 6.60. The second kappa shape index (κ2) is 10.7. The van der Waals surface area contributed by atoms with Crippen LogP contribution in [-0.2, 0) is 17.9 Å². The molecular formula is C25H34N4O4. The van der Waals surface area contributed by atoms with Gasteiger partial charge in [0.05, 0.1) is 26.1 Å². The molecule has 2 aromatic rings. The van der Waals surface area contributed by atoms with Crippen LogP contribution in [0.5, 0.6) is 11.5 Å². The summed E-state index contributed by atoms with van der Waals surface area (Å²) >= 11 is 0. The number of piperidine rings is 1. The Kier molecular flexibility index (Phi) is 7.54. The fourth-order valence-electron chi connectivity index (χ4n) is 4.71. The van der Waals surface area contributed by atoms with Gasteiger partial charge in [0.2, 0.25) is 11.3 Å². The van der Waals surface area contributed by atoms with Crippen molar-refractivity contribution in [2.75, 3.05) is 58.4 Å². The molecule has 0 radical (unpaired) electrons. The first-order chi connectivity index (χ1) is 16.1. The van der Waals surface area contributed by atoms with Crippen LogP contribution in [-0.4, -0.2) is 73.8 Å². The number of benzene rings is 1. The van der Waals surface area contributed by atoms with Crippen LogP contribution in [0, 0.1) is 0 Å². The lowest BCUT2D eigenvalue weighted by Crippen LogP contribution is -2.49. The highest BCUT2D eigenvalue weighted by atomic mass is 16.5. The van der Waals surface area contributed by atoms with Crippen LogP contribution in [0.15, 0.2) is 41.3 Å². The maximum Gasteiger partial charge on any atom is 0.242 e. The summed E-state index contributed by atoms with van der Waals surface area (Å²) in [6, 6.07) is 9.60. The highest BCUT2D eigenvalue weighted by molar-refractivity contribution is 5.76. The Balaban J connectivity index is 1.44. The monoisotopic (exact) mass is 454 g/mol. The first-order valence-corrected chi connectivity index (χ1v) is 11.7. The molecule has 2 saturated heterocycles. The van der Waals surface area contributed by atoms with E-state index in [-0.39, 0.29) is 23.6 Å². The molecule has 1 aromatic carbocycles. The van der Waals surface area contributed by atoms with Crippen molar-refractivity contribution < 1.29 is 14.3 Å². The fraction of sp³-hybridized carbons (Fsp3) is 0.520. The van der Waals surface area contributed by atoms with E-state index in [0.717, 1.165) is 43.3 Å². The van der Waals surface area contributed by atoms with E-state index >= 15 is 0 Å². The summed E-state index contributed by atoms with van der Waals surface area (Å²) in [5.74, 6) is 1.17. The van der Waals surface area contributed by atoms with Gasteiger partial charge in [-0.15, -0.1) is 0 Å². The Hall–Kier alpha value is -3.00. The smallest absolute Gasteiger partial charge is 0.242 e. The van der Waals surface area contributed by atoms with E-state index in [9.17, 15) is 9.59 Å². The number of nitrogens with zero attached hydrogens (tertiary/aromatic N) is 4. The number of anilines is 1. The lowest BCUT2D eigenvalue weighted by molar-refractivity contribution is -0.132. The average Bonchev–Trinajstić information content (AvgIpc) is 2.86. The SMILES string of the molecule is COc1ccccc1N1CCN(C(=O)Cn2cc(OC)c(=O)cc2CN2CCCCC2)CC1. The number of carbonyl (C=O) groups excluding carboxylic acids is 1. The number of ether oxygens (including phenoxy) is 2. The molecule has 1 amide bonds. The maximum absolute atomic E-state index is 13.2. The van der Waals surface area contributed by atoms with E-state index in [2.05, 4.69) is 15.9 Å². The Morgan fingerprint density at radius 1 is 0.909 bits per heavy atom. The molecule has 2 fully saturated rings. The zero-order chi connectivity index (χ0) is 23.2. The second-order valence-electron chi connectivity index (χ2n) is 8.70. The number of pyridine rings is 1. The van der Waals surface area contributed by atoms with Crippen LogP contribution in [0.2, 0.25) is 0 Å². The zero-order valence-electron chi connectivity index (χ0n) is 19.7. The van der Waals surface area contributed by atoms with Crippen LogP contribution in [0.3, 0.4) is 0 Å². The summed E-state index contributed by atoms with van der Waals surface area (Å²) in [6.07, 6.45) is 5.29. The number of hydrogen-bond donors (Lipinski definition) is 0. The number of para-hydroxylation sites is 2. The molecular weight excluding hydrogens is 420 g/mol. The van der Waals surface area contributed by atoms with Gasteiger partial charge in [0.1, 0.15) is 12.3 Å². The van der Waals surface area contributed by atoms with E-state index in [4.69, 9.17) is 9.47 Å². The van der Waals surface area contributed by atoms with Crippen molar-refractivity contribution in [3.8, 4) is 11.5 Å². The zero-order valence-corrected chi connectivity index (χ0v) is 19.7. The Morgan fingerprint density at radius 3 is 2.30 bits per heavy atom. The molecule has 0 saturated carbocycles. The van der Waals surface area contributed by atoms with Gasteiger partial charge in [-0.3, -0.25) is 14.5 Å². The third-order valence-electron chi connectivity index (χ3n) is 6.60. The number of carbonyl (C=O) groups is 1. The number of aromatic nitrogens is 1. The summed E-state index contributed by atoms with van der Waals surface area (Å²) < 4.78 is 12.6. The van der Waals surface area contributed by atoms with Gasteiger partial charge in [-0.05, 0) is 38.1 Å². The lowest BCUT2D eigenvalue weighted by atomic mass is 10.1. The Morgan fingerprint density at radius 2 is 1.61 bits per heavy atom. The molecule has 2 aliphatic heterocycles. The van der Waals surface area contributed by atoms with Crippen molar-refractivity contribution in [1.82, 2.24) is 14.4 Å². The molecule has 8 nitrogen and oxygen atoms in total. The van der Waals surface area contributed by atoms with Crippen LogP contribution in [0.25, 0.3) is 0 Å². The predicted octanol–water partition coefficient (Wildman–Crippen LogP) is 2.20. The minimum Gasteiger partial charge on any atom is -0.495 e. The van der Waals surface area contributed by atoms with Gasteiger partial charge in [0, 0.05) is 44.5 Å². The summed E-state index contributed by atoms with van der Waals surface area (Å²) in [5.41, 5.74) is 1.78. The quantitative estimate of drug-likeness (QED) is 0.639. The molecule has 0 N–H and O–H groups in total. The van der Waals surface area contributed by atoms with Crippen molar-refractivity contribution in [1.29, 1.82) is 0 Å². The first-order valence-electron chi connectivity index (χ1n) is 11.7. The van der Waals surface area contributed by atoms with E-state index in [1.165, 1.54) is 26.4 Å². The number of piperazine rings is 1. The van der Waals surface area contributed by atoms with E-state index < -0.39 is 0 Å². The molecule has 8 heteroatoms. The molecule has 0 bridgehead atoms. The van der Waals surface area contributed by atoms with Crippen molar-refractivity contribution in [2.45, 2.75) is 32.4 Å². The second-order valence-corrected chi connectivity index (χ2v) is 8.70. The van der Waals surface area contributed by atoms with Crippen molar-refractivity contribution >= 4 is 11.6 Å². The van der Waals surface area contributed by atoms with Crippen molar-refractivity contribution in [3.63, 3.8) is 0 Å². The Labute approximate surface area is 195 Å². The van der Waals surface area contributed by atoms with Crippen molar-refractivity contribution in [2.24, 2.45) is 0 Å². The van der Waals surface area contributed by atoms with Gasteiger partial charge in [0.25, 0.3) is 0 Å². The van der Waals surface area contributed by atoms with E-state index in [1.54, 1.807) is 19.4 Å². The van der Waals surface area contributed by atoms with Gasteiger partial charge >= 0.3 is 0 Å². The summed E-state index contributed by atoms with van der Waals surface area (Å²) in [6.45, 7) is 5.73. The predicted molar refractivity (Wildman–Crippen MR) is 128 cm³/mol. The van der Waals surface area contributed by atoms with Gasteiger partial charge in [-0.1, -0.05) is 18.6 Å².